The summed E-state index contributed by atoms with van der Waals surface area (Å²) in [5.74, 6) is -0.537. The highest BCUT2D eigenvalue weighted by molar-refractivity contribution is 7.09. The normalized spacial score (nSPS) is 18.7. The Bertz CT molecular complexity index is 1120. The quantitative estimate of drug-likeness (QED) is 0.621. The molecule has 33 heavy (non-hydrogen) atoms. The predicted molar refractivity (Wildman–Crippen MR) is 119 cm³/mol. The maximum atomic E-state index is 13.2. The number of fused-ring (bicyclic) bond motifs is 1. The lowest BCUT2D eigenvalue weighted by molar-refractivity contribution is -0.126. The molecule has 2 aromatic heterocycles. The zero-order chi connectivity index (χ0) is 22.8. The van der Waals surface area contributed by atoms with Crippen LogP contribution in [0.4, 0.5) is 4.39 Å². The highest BCUT2D eigenvalue weighted by Crippen LogP contribution is 2.28. The fourth-order valence-electron chi connectivity index (χ4n) is 4.28. The van der Waals surface area contributed by atoms with Gasteiger partial charge in [-0.1, -0.05) is 23.4 Å². The summed E-state index contributed by atoms with van der Waals surface area (Å²) in [5.41, 5.74) is 1.80. The third-order valence-electron chi connectivity index (χ3n) is 6.21. The molecule has 1 aromatic carbocycles. The van der Waals surface area contributed by atoms with Crippen molar-refractivity contribution in [1.29, 1.82) is 0 Å². The number of carbonyl (C=O) groups is 2. The maximum Gasteiger partial charge on any atom is 0.276 e. The van der Waals surface area contributed by atoms with Gasteiger partial charge in [-0.3, -0.25) is 9.59 Å². The van der Waals surface area contributed by atoms with Crippen molar-refractivity contribution in [1.82, 2.24) is 25.2 Å². The zero-order valence-electron chi connectivity index (χ0n) is 17.9. The smallest absolute Gasteiger partial charge is 0.276 e. The largest absolute Gasteiger partial charge is 0.365 e. The molecular formula is C23H24FN5O3S. The summed E-state index contributed by atoms with van der Waals surface area (Å²) in [4.78, 5) is 28.4. The van der Waals surface area contributed by atoms with Crippen LogP contribution >= 0.6 is 11.3 Å². The zero-order valence-corrected chi connectivity index (χ0v) is 18.8. The van der Waals surface area contributed by atoms with Crippen molar-refractivity contribution >= 4 is 23.2 Å². The van der Waals surface area contributed by atoms with E-state index in [9.17, 15) is 14.0 Å². The lowest BCUT2D eigenvalue weighted by Gasteiger charge is -2.31. The standard InChI is InChI=1S/C23H24FN5O3S/c24-17-5-3-15(4-6-17)20-13-29-19(14-32-20)21(26-27-29)23(31)28-9-7-16(8-10-28)22(30)25-12-18-2-1-11-33-18/h1-6,11,16,20H,7-10,12-14H2,(H,25,30)/t20-/m0/s1. The Hall–Kier alpha value is -3.11. The SMILES string of the molecule is O=C(NCc1cccs1)C1CCN(C(=O)c2nnn3c2CO[C@H](c2ccc(F)cc2)C3)CC1. The van der Waals surface area contributed by atoms with Crippen LogP contribution in [-0.2, 0) is 29.2 Å². The number of thiophene rings is 1. The van der Waals surface area contributed by atoms with Crippen LogP contribution in [0.5, 0.6) is 0 Å². The first-order valence-corrected chi connectivity index (χ1v) is 11.9. The van der Waals surface area contributed by atoms with Crippen molar-refractivity contribution in [3.05, 3.63) is 69.4 Å². The average molecular weight is 470 g/mol. The Morgan fingerprint density at radius 1 is 1.18 bits per heavy atom. The van der Waals surface area contributed by atoms with Crippen LogP contribution in [0.3, 0.4) is 0 Å². The minimum absolute atomic E-state index is 0.0387. The lowest BCUT2D eigenvalue weighted by Crippen LogP contribution is -2.43. The number of amides is 2. The molecule has 0 unspecified atom stereocenters. The second-order valence-electron chi connectivity index (χ2n) is 8.28. The molecule has 0 saturated carbocycles. The minimum atomic E-state index is -0.298. The van der Waals surface area contributed by atoms with E-state index in [1.165, 1.54) is 12.1 Å². The van der Waals surface area contributed by atoms with Gasteiger partial charge in [0.05, 0.1) is 25.4 Å². The predicted octanol–water partition coefficient (Wildman–Crippen LogP) is 2.92. The van der Waals surface area contributed by atoms with Gasteiger partial charge in [0.15, 0.2) is 5.69 Å². The van der Waals surface area contributed by atoms with Crippen molar-refractivity contribution in [3.63, 3.8) is 0 Å². The first-order valence-electron chi connectivity index (χ1n) is 11.0. The third kappa shape index (κ3) is 4.67. The molecule has 1 N–H and O–H groups in total. The summed E-state index contributed by atoms with van der Waals surface area (Å²) in [6, 6.07) is 10.1. The van der Waals surface area contributed by atoms with Gasteiger partial charge in [0.25, 0.3) is 5.91 Å². The van der Waals surface area contributed by atoms with E-state index in [1.54, 1.807) is 33.1 Å². The molecule has 4 heterocycles. The number of nitrogens with one attached hydrogen (secondary N) is 1. The molecule has 2 aliphatic heterocycles. The lowest BCUT2D eigenvalue weighted by atomic mass is 9.95. The first kappa shape index (κ1) is 21.7. The van der Waals surface area contributed by atoms with Crippen LogP contribution in [0.2, 0.25) is 0 Å². The summed E-state index contributed by atoms with van der Waals surface area (Å²) in [6.07, 6.45) is 0.967. The number of nitrogens with zero attached hydrogens (tertiary/aromatic N) is 4. The number of aromatic nitrogens is 3. The Morgan fingerprint density at radius 3 is 2.70 bits per heavy atom. The molecule has 2 amide bonds. The first-order chi connectivity index (χ1) is 16.1. The molecule has 0 bridgehead atoms. The summed E-state index contributed by atoms with van der Waals surface area (Å²) < 4.78 is 20.8. The number of benzene rings is 1. The number of hydrogen-bond donors (Lipinski definition) is 1. The van der Waals surface area contributed by atoms with E-state index in [0.29, 0.717) is 50.4 Å². The number of hydrogen-bond acceptors (Lipinski definition) is 6. The van der Waals surface area contributed by atoms with Gasteiger partial charge in [-0.2, -0.15) is 0 Å². The molecule has 1 fully saturated rings. The molecule has 0 radical (unpaired) electrons. The summed E-state index contributed by atoms with van der Waals surface area (Å²) in [7, 11) is 0. The summed E-state index contributed by atoms with van der Waals surface area (Å²) in [6.45, 7) is 2.16. The number of ether oxygens (including phenoxy) is 1. The van der Waals surface area contributed by atoms with Crippen molar-refractivity contribution < 1.29 is 18.7 Å². The average Bonchev–Trinajstić information content (AvgIpc) is 3.52. The van der Waals surface area contributed by atoms with Gasteiger partial charge < -0.3 is 15.0 Å². The number of rotatable bonds is 5. The van der Waals surface area contributed by atoms with Crippen LogP contribution in [0.25, 0.3) is 0 Å². The Kier molecular flexibility index (Phi) is 6.19. The molecule has 5 rings (SSSR count). The Labute approximate surface area is 194 Å². The van der Waals surface area contributed by atoms with Gasteiger partial charge in [-0.25, -0.2) is 9.07 Å². The fourth-order valence-corrected chi connectivity index (χ4v) is 4.93. The van der Waals surface area contributed by atoms with E-state index in [2.05, 4.69) is 15.6 Å². The van der Waals surface area contributed by atoms with Crippen LogP contribution < -0.4 is 5.32 Å². The van der Waals surface area contributed by atoms with E-state index in [0.717, 1.165) is 10.4 Å². The topological polar surface area (TPSA) is 89.4 Å². The third-order valence-corrected chi connectivity index (χ3v) is 7.09. The molecule has 10 heteroatoms. The van der Waals surface area contributed by atoms with E-state index >= 15 is 0 Å². The molecule has 172 valence electrons. The van der Waals surface area contributed by atoms with E-state index in [4.69, 9.17) is 4.74 Å². The number of likely N-dealkylation sites (tertiary alicyclic amines) is 1. The van der Waals surface area contributed by atoms with Crippen molar-refractivity contribution in [2.75, 3.05) is 13.1 Å². The van der Waals surface area contributed by atoms with E-state index in [1.807, 2.05) is 17.5 Å². The molecule has 1 atom stereocenters. The molecule has 0 spiro atoms. The van der Waals surface area contributed by atoms with Gasteiger partial charge in [0, 0.05) is 23.9 Å². The van der Waals surface area contributed by atoms with E-state index in [-0.39, 0.29) is 36.3 Å². The van der Waals surface area contributed by atoms with Crippen LogP contribution in [0.15, 0.2) is 41.8 Å². The van der Waals surface area contributed by atoms with Crippen LogP contribution in [0.1, 0.15) is 45.6 Å². The summed E-state index contributed by atoms with van der Waals surface area (Å²) >= 11 is 1.62. The highest BCUT2D eigenvalue weighted by Gasteiger charge is 2.33. The molecule has 1 saturated heterocycles. The number of halogens is 1. The minimum Gasteiger partial charge on any atom is -0.365 e. The Morgan fingerprint density at radius 2 is 1.97 bits per heavy atom. The fraction of sp³-hybridized carbons (Fsp3) is 0.391. The molecule has 8 nitrogen and oxygen atoms in total. The summed E-state index contributed by atoms with van der Waals surface area (Å²) in [5, 5.41) is 13.3. The van der Waals surface area contributed by atoms with Crippen molar-refractivity contribution in [3.8, 4) is 0 Å². The van der Waals surface area contributed by atoms with Gasteiger partial charge in [0.2, 0.25) is 5.91 Å². The van der Waals surface area contributed by atoms with Gasteiger partial charge in [-0.05, 0) is 42.0 Å². The van der Waals surface area contributed by atoms with Crippen LogP contribution in [-0.4, -0.2) is 44.8 Å². The molecule has 2 aliphatic rings. The molecule has 0 aliphatic carbocycles. The molecular weight excluding hydrogens is 445 g/mol. The van der Waals surface area contributed by atoms with Crippen molar-refractivity contribution in [2.45, 2.75) is 38.6 Å². The maximum absolute atomic E-state index is 13.2. The second kappa shape index (κ2) is 9.40. The van der Waals surface area contributed by atoms with Crippen LogP contribution in [0, 0.1) is 11.7 Å². The van der Waals surface area contributed by atoms with E-state index < -0.39 is 0 Å². The number of piperidine rings is 1. The monoisotopic (exact) mass is 469 g/mol. The molecule has 3 aromatic rings. The highest BCUT2D eigenvalue weighted by atomic mass is 32.1. The number of carbonyl (C=O) groups excluding carboxylic acids is 2. The Balaban J connectivity index is 1.17. The van der Waals surface area contributed by atoms with Gasteiger partial charge in [0.1, 0.15) is 11.9 Å². The van der Waals surface area contributed by atoms with Gasteiger partial charge >= 0.3 is 0 Å². The van der Waals surface area contributed by atoms with Gasteiger partial charge in [-0.15, -0.1) is 16.4 Å². The second-order valence-corrected chi connectivity index (χ2v) is 9.31. The van der Waals surface area contributed by atoms with Crippen molar-refractivity contribution in [2.24, 2.45) is 5.92 Å².